The Kier molecular flexibility index (Phi) is 5.43. The summed E-state index contributed by atoms with van der Waals surface area (Å²) in [5, 5.41) is 5.13. The van der Waals surface area contributed by atoms with Gasteiger partial charge in [-0.05, 0) is 48.0 Å². The van der Waals surface area contributed by atoms with Gasteiger partial charge in [0.1, 0.15) is 5.57 Å². The second-order valence-electron chi connectivity index (χ2n) is 6.91. The zero-order chi connectivity index (χ0) is 22.9. The second-order valence-corrected chi connectivity index (χ2v) is 8.47. The molecule has 0 atom stereocenters. The maximum absolute atomic E-state index is 13.3. The van der Waals surface area contributed by atoms with E-state index in [1.54, 1.807) is 60.7 Å². The van der Waals surface area contributed by atoms with Gasteiger partial charge >= 0.3 is 6.03 Å². The van der Waals surface area contributed by atoms with E-state index in [0.717, 1.165) is 9.80 Å². The molecule has 4 amide bonds. The highest BCUT2D eigenvalue weighted by Gasteiger charge is 2.43. The predicted molar refractivity (Wildman–Crippen MR) is 119 cm³/mol. The first-order chi connectivity index (χ1) is 15.3. The van der Waals surface area contributed by atoms with Crippen LogP contribution in [-0.2, 0) is 19.6 Å². The van der Waals surface area contributed by atoms with Crippen LogP contribution < -0.4 is 14.9 Å². The molecule has 2 N–H and O–H groups in total. The third-order valence-corrected chi connectivity index (χ3v) is 5.73. The molecule has 9 heteroatoms. The van der Waals surface area contributed by atoms with Gasteiger partial charge in [0.15, 0.2) is 0 Å². The minimum Gasteiger partial charge on any atom is -0.268 e. The summed E-state index contributed by atoms with van der Waals surface area (Å²) in [4.78, 5) is 41.3. The Morgan fingerprint density at radius 3 is 1.62 bits per heavy atom. The topological polar surface area (TPSA) is 118 Å². The number of hydrogen-bond acceptors (Lipinski definition) is 5. The number of nitrogens with zero attached hydrogens (tertiary/aromatic N) is 2. The number of carbonyl (C=O) groups excluding carboxylic acids is 3. The molecule has 0 aliphatic carbocycles. The number of barbiturate groups is 1. The van der Waals surface area contributed by atoms with Crippen molar-refractivity contribution in [2.24, 2.45) is 5.14 Å². The lowest BCUT2D eigenvalue weighted by molar-refractivity contribution is -0.121. The van der Waals surface area contributed by atoms with Crippen molar-refractivity contribution in [1.29, 1.82) is 0 Å². The predicted octanol–water partition coefficient (Wildman–Crippen LogP) is 2.92. The first kappa shape index (κ1) is 21.2. The van der Waals surface area contributed by atoms with E-state index in [1.807, 2.05) is 0 Å². The molecule has 1 aliphatic rings. The number of rotatable bonds is 4. The molecule has 32 heavy (non-hydrogen) atoms. The largest absolute Gasteiger partial charge is 0.343 e. The van der Waals surface area contributed by atoms with Gasteiger partial charge in [-0.25, -0.2) is 28.2 Å². The van der Waals surface area contributed by atoms with Crippen LogP contribution in [0, 0.1) is 0 Å². The summed E-state index contributed by atoms with van der Waals surface area (Å²) < 4.78 is 23.1. The molecule has 1 fully saturated rings. The third-order valence-electron chi connectivity index (χ3n) is 4.80. The highest BCUT2D eigenvalue weighted by molar-refractivity contribution is 7.89. The SMILES string of the molecule is NS(=O)(=O)c1ccc(N2C(=O)/C(=C\c3ccccc3)C(=O)N(c3ccccc3)C2=O)cc1. The highest BCUT2D eigenvalue weighted by atomic mass is 32.2. The average molecular weight is 447 g/mol. The fourth-order valence-corrected chi connectivity index (χ4v) is 3.78. The van der Waals surface area contributed by atoms with Crippen molar-refractivity contribution < 1.29 is 22.8 Å². The summed E-state index contributed by atoms with van der Waals surface area (Å²) in [6, 6.07) is 21.1. The Labute approximate surface area is 184 Å². The molecule has 1 aliphatic heterocycles. The van der Waals surface area contributed by atoms with Crippen molar-refractivity contribution >= 4 is 45.3 Å². The number of sulfonamides is 1. The van der Waals surface area contributed by atoms with Gasteiger partial charge in [0.25, 0.3) is 11.8 Å². The maximum atomic E-state index is 13.3. The minimum atomic E-state index is -3.96. The van der Waals surface area contributed by atoms with Crippen molar-refractivity contribution in [3.05, 3.63) is 96.1 Å². The number of benzene rings is 3. The normalized spacial score (nSPS) is 16.0. The summed E-state index contributed by atoms with van der Waals surface area (Å²) in [6.07, 6.45) is 1.42. The Bertz CT molecular complexity index is 1340. The van der Waals surface area contributed by atoms with Gasteiger partial charge in [0.2, 0.25) is 10.0 Å². The van der Waals surface area contributed by atoms with E-state index >= 15 is 0 Å². The molecular formula is C23H17N3O5S. The molecule has 0 radical (unpaired) electrons. The summed E-state index contributed by atoms with van der Waals surface area (Å²) in [5.74, 6) is -1.58. The molecule has 1 saturated heterocycles. The van der Waals surface area contributed by atoms with Crippen LogP contribution in [-0.4, -0.2) is 26.3 Å². The first-order valence-electron chi connectivity index (χ1n) is 9.45. The van der Waals surface area contributed by atoms with Crippen molar-refractivity contribution in [1.82, 2.24) is 0 Å². The van der Waals surface area contributed by atoms with E-state index in [4.69, 9.17) is 5.14 Å². The number of anilines is 2. The van der Waals surface area contributed by atoms with Gasteiger partial charge in [-0.1, -0.05) is 48.5 Å². The monoisotopic (exact) mass is 447 g/mol. The Morgan fingerprint density at radius 2 is 1.12 bits per heavy atom. The Hall–Kier alpha value is -4.08. The van der Waals surface area contributed by atoms with Crippen LogP contribution in [0.2, 0.25) is 0 Å². The van der Waals surface area contributed by atoms with Crippen LogP contribution in [0.15, 0.2) is 95.4 Å². The van der Waals surface area contributed by atoms with Crippen molar-refractivity contribution in [3.63, 3.8) is 0 Å². The van der Waals surface area contributed by atoms with E-state index < -0.39 is 27.9 Å². The molecule has 0 aromatic heterocycles. The van der Waals surface area contributed by atoms with E-state index in [2.05, 4.69) is 0 Å². The zero-order valence-corrected chi connectivity index (χ0v) is 17.4. The number of amides is 4. The molecule has 0 spiro atoms. The van der Waals surface area contributed by atoms with E-state index in [9.17, 15) is 22.8 Å². The fraction of sp³-hybridized carbons (Fsp3) is 0. The van der Waals surface area contributed by atoms with Gasteiger partial charge in [-0.3, -0.25) is 9.59 Å². The lowest BCUT2D eigenvalue weighted by Crippen LogP contribution is -2.57. The molecular weight excluding hydrogens is 430 g/mol. The molecule has 1 heterocycles. The van der Waals surface area contributed by atoms with Crippen LogP contribution in [0.25, 0.3) is 6.08 Å². The lowest BCUT2D eigenvalue weighted by atomic mass is 10.0. The van der Waals surface area contributed by atoms with Gasteiger partial charge in [-0.15, -0.1) is 0 Å². The van der Waals surface area contributed by atoms with E-state index in [1.165, 1.54) is 30.3 Å². The van der Waals surface area contributed by atoms with Gasteiger partial charge in [0.05, 0.1) is 16.3 Å². The smallest absolute Gasteiger partial charge is 0.268 e. The Morgan fingerprint density at radius 1 is 0.656 bits per heavy atom. The van der Waals surface area contributed by atoms with Crippen LogP contribution in [0.3, 0.4) is 0 Å². The second kappa shape index (κ2) is 8.22. The molecule has 4 rings (SSSR count). The van der Waals surface area contributed by atoms with Crippen molar-refractivity contribution in [2.75, 3.05) is 9.80 Å². The minimum absolute atomic E-state index is 0.0970. The maximum Gasteiger partial charge on any atom is 0.343 e. The summed E-state index contributed by atoms with van der Waals surface area (Å²) in [6.45, 7) is 0. The van der Waals surface area contributed by atoms with Gasteiger partial charge in [-0.2, -0.15) is 0 Å². The molecule has 3 aromatic rings. The quantitative estimate of drug-likeness (QED) is 0.487. The highest BCUT2D eigenvalue weighted by Crippen LogP contribution is 2.30. The molecule has 0 saturated carbocycles. The molecule has 3 aromatic carbocycles. The molecule has 0 bridgehead atoms. The number of para-hydroxylation sites is 1. The van der Waals surface area contributed by atoms with Crippen LogP contribution >= 0.6 is 0 Å². The first-order valence-corrected chi connectivity index (χ1v) is 11.0. The number of nitrogens with two attached hydrogens (primary N) is 1. The third kappa shape index (κ3) is 3.94. The number of primary sulfonamides is 1. The van der Waals surface area contributed by atoms with Crippen LogP contribution in [0.1, 0.15) is 5.56 Å². The van der Waals surface area contributed by atoms with Crippen molar-refractivity contribution in [2.45, 2.75) is 4.90 Å². The number of urea groups is 1. The van der Waals surface area contributed by atoms with E-state index in [0.29, 0.717) is 11.3 Å². The summed E-state index contributed by atoms with van der Waals surface area (Å²) in [7, 11) is -3.96. The zero-order valence-electron chi connectivity index (χ0n) is 16.6. The fourth-order valence-electron chi connectivity index (χ4n) is 3.26. The summed E-state index contributed by atoms with van der Waals surface area (Å²) in [5.41, 5.74) is 0.783. The number of hydrogen-bond donors (Lipinski definition) is 1. The van der Waals surface area contributed by atoms with Gasteiger partial charge < -0.3 is 0 Å². The Balaban J connectivity index is 1.85. The standard InChI is InChI=1S/C23H17N3O5S/c24-32(30,31)19-13-11-18(12-14-19)26-22(28)20(15-16-7-3-1-4-8-16)21(27)25(23(26)29)17-9-5-2-6-10-17/h1-15H,(H2,24,30,31)/b20-15-. The lowest BCUT2D eigenvalue weighted by Gasteiger charge is -2.34. The molecule has 160 valence electrons. The van der Waals surface area contributed by atoms with Crippen molar-refractivity contribution in [3.8, 4) is 0 Å². The molecule has 8 nitrogen and oxygen atoms in total. The summed E-state index contributed by atoms with van der Waals surface area (Å²) >= 11 is 0. The van der Waals surface area contributed by atoms with E-state index in [-0.39, 0.29) is 16.2 Å². The molecule has 0 unspecified atom stereocenters. The van der Waals surface area contributed by atoms with Crippen LogP contribution in [0.5, 0.6) is 0 Å². The van der Waals surface area contributed by atoms with Gasteiger partial charge in [0, 0.05) is 0 Å². The average Bonchev–Trinajstić information content (AvgIpc) is 2.78. The number of imide groups is 2. The van der Waals surface area contributed by atoms with Crippen LogP contribution in [0.4, 0.5) is 16.2 Å². The number of carbonyl (C=O) groups is 3.